The highest BCUT2D eigenvalue weighted by Gasteiger charge is 2.36. The van der Waals surface area contributed by atoms with Crippen molar-refractivity contribution < 1.29 is 21.6 Å². The molecule has 1 aliphatic rings. The first-order valence-electron chi connectivity index (χ1n) is 6.82. The predicted molar refractivity (Wildman–Crippen MR) is 83.8 cm³/mol. The summed E-state index contributed by atoms with van der Waals surface area (Å²) >= 11 is 0. The zero-order chi connectivity index (χ0) is 16.7. The Morgan fingerprint density at radius 3 is 2.48 bits per heavy atom. The zero-order valence-electron chi connectivity index (χ0n) is 12.0. The lowest BCUT2D eigenvalue weighted by Gasteiger charge is -2.12. The van der Waals surface area contributed by atoms with Gasteiger partial charge in [-0.1, -0.05) is 36.4 Å². The van der Waals surface area contributed by atoms with E-state index >= 15 is 0 Å². The standard InChI is InChI=1S/C15H15NO5S2/c16-23(19,20)12-6-7-13-14(10-22(17,18)15(13)8-12)21-9-11-4-2-1-3-5-11/h1-8,14H,9-10H2,(H2,16,19,20). The van der Waals surface area contributed by atoms with E-state index in [1.165, 1.54) is 12.1 Å². The van der Waals surface area contributed by atoms with Crippen LogP contribution in [0.2, 0.25) is 0 Å². The smallest absolute Gasteiger partial charge is 0.238 e. The van der Waals surface area contributed by atoms with Gasteiger partial charge in [0, 0.05) is 5.56 Å². The summed E-state index contributed by atoms with van der Waals surface area (Å²) in [5, 5.41) is 5.05. The van der Waals surface area contributed by atoms with E-state index in [0.717, 1.165) is 11.6 Å². The van der Waals surface area contributed by atoms with Crippen LogP contribution >= 0.6 is 0 Å². The van der Waals surface area contributed by atoms with Gasteiger partial charge in [-0.05, 0) is 17.7 Å². The SMILES string of the molecule is NS(=O)(=O)c1ccc2c(c1)S(=O)(=O)CC2OCc1ccccc1. The molecule has 3 rings (SSSR count). The van der Waals surface area contributed by atoms with Gasteiger partial charge < -0.3 is 4.74 Å². The number of sulfone groups is 1. The van der Waals surface area contributed by atoms with Crippen LogP contribution in [0.25, 0.3) is 0 Å². The van der Waals surface area contributed by atoms with Crippen LogP contribution in [0.1, 0.15) is 17.2 Å². The van der Waals surface area contributed by atoms with E-state index in [1.807, 2.05) is 30.3 Å². The first-order valence-corrected chi connectivity index (χ1v) is 10.0. The molecule has 0 radical (unpaired) electrons. The summed E-state index contributed by atoms with van der Waals surface area (Å²) in [6.45, 7) is 0.275. The van der Waals surface area contributed by atoms with Crippen LogP contribution in [0.4, 0.5) is 0 Å². The van der Waals surface area contributed by atoms with E-state index in [1.54, 1.807) is 0 Å². The third-order valence-corrected chi connectivity index (χ3v) is 6.34. The number of rotatable bonds is 4. The second-order valence-electron chi connectivity index (χ2n) is 5.31. The molecule has 8 heteroatoms. The summed E-state index contributed by atoms with van der Waals surface area (Å²) in [6.07, 6.45) is -0.621. The van der Waals surface area contributed by atoms with Crippen LogP contribution in [0, 0.1) is 0 Å². The van der Waals surface area contributed by atoms with Crippen molar-refractivity contribution in [2.75, 3.05) is 5.75 Å². The van der Waals surface area contributed by atoms with Crippen molar-refractivity contribution in [1.29, 1.82) is 0 Å². The van der Waals surface area contributed by atoms with Crippen LogP contribution in [-0.2, 0) is 31.2 Å². The van der Waals surface area contributed by atoms with Gasteiger partial charge in [0.05, 0.1) is 28.3 Å². The molecule has 122 valence electrons. The molecule has 0 bridgehead atoms. The quantitative estimate of drug-likeness (QED) is 0.894. The molecule has 23 heavy (non-hydrogen) atoms. The molecule has 0 aromatic heterocycles. The maximum absolute atomic E-state index is 12.2. The van der Waals surface area contributed by atoms with E-state index in [4.69, 9.17) is 9.88 Å². The zero-order valence-corrected chi connectivity index (χ0v) is 13.7. The first-order chi connectivity index (χ1) is 10.8. The molecular weight excluding hydrogens is 338 g/mol. The number of fused-ring (bicyclic) bond motifs is 1. The fraction of sp³-hybridized carbons (Fsp3) is 0.200. The highest BCUT2D eigenvalue weighted by atomic mass is 32.2. The average Bonchev–Trinajstić information content (AvgIpc) is 2.76. The Balaban J connectivity index is 1.91. The molecule has 0 spiro atoms. The van der Waals surface area contributed by atoms with Crippen LogP contribution in [0.15, 0.2) is 58.3 Å². The maximum atomic E-state index is 12.2. The lowest BCUT2D eigenvalue weighted by Crippen LogP contribution is -2.12. The third kappa shape index (κ3) is 3.30. The van der Waals surface area contributed by atoms with Gasteiger partial charge in [-0.3, -0.25) is 0 Å². The highest BCUT2D eigenvalue weighted by Crippen LogP contribution is 2.37. The van der Waals surface area contributed by atoms with Crippen molar-refractivity contribution in [1.82, 2.24) is 0 Å². The van der Waals surface area contributed by atoms with Crippen molar-refractivity contribution in [2.24, 2.45) is 5.14 Å². The number of nitrogens with two attached hydrogens (primary N) is 1. The van der Waals surface area contributed by atoms with E-state index in [2.05, 4.69) is 0 Å². The van der Waals surface area contributed by atoms with Gasteiger partial charge in [-0.15, -0.1) is 0 Å². The maximum Gasteiger partial charge on any atom is 0.238 e. The van der Waals surface area contributed by atoms with Gasteiger partial charge in [-0.2, -0.15) is 0 Å². The normalized spacial score (nSPS) is 19.4. The summed E-state index contributed by atoms with van der Waals surface area (Å²) in [7, 11) is -7.54. The predicted octanol–water partition coefficient (Wildman–Crippen LogP) is 1.38. The highest BCUT2D eigenvalue weighted by molar-refractivity contribution is 7.92. The van der Waals surface area contributed by atoms with Crippen molar-refractivity contribution in [3.8, 4) is 0 Å². The number of ether oxygens (including phenoxy) is 1. The van der Waals surface area contributed by atoms with E-state index in [0.29, 0.717) is 5.56 Å². The lowest BCUT2D eigenvalue weighted by molar-refractivity contribution is 0.0559. The van der Waals surface area contributed by atoms with E-state index in [-0.39, 0.29) is 22.2 Å². The Morgan fingerprint density at radius 2 is 1.83 bits per heavy atom. The molecule has 0 saturated carbocycles. The Hall–Kier alpha value is -1.74. The van der Waals surface area contributed by atoms with Crippen LogP contribution in [0.5, 0.6) is 0 Å². The van der Waals surface area contributed by atoms with Crippen molar-refractivity contribution in [3.05, 3.63) is 59.7 Å². The Morgan fingerprint density at radius 1 is 1.13 bits per heavy atom. The summed E-state index contributed by atoms with van der Waals surface area (Å²) in [5.41, 5.74) is 1.40. The number of sulfonamides is 1. The molecule has 0 amide bonds. The molecule has 0 fully saturated rings. The van der Waals surface area contributed by atoms with Crippen molar-refractivity contribution in [3.63, 3.8) is 0 Å². The minimum Gasteiger partial charge on any atom is -0.368 e. The molecule has 1 atom stereocenters. The monoisotopic (exact) mass is 353 g/mol. The summed E-state index contributed by atoms with van der Waals surface area (Å²) in [5.74, 6) is -0.205. The van der Waals surface area contributed by atoms with Gasteiger partial charge in [0.15, 0.2) is 9.84 Å². The summed E-state index contributed by atoms with van der Waals surface area (Å²) in [6, 6.07) is 13.2. The molecule has 1 aliphatic heterocycles. The molecule has 2 aromatic rings. The lowest BCUT2D eigenvalue weighted by atomic mass is 10.1. The molecule has 1 heterocycles. The molecule has 2 aromatic carbocycles. The largest absolute Gasteiger partial charge is 0.368 e. The van der Waals surface area contributed by atoms with Gasteiger partial charge >= 0.3 is 0 Å². The first kappa shape index (κ1) is 16.1. The number of benzene rings is 2. The Labute approximate surface area is 134 Å². The van der Waals surface area contributed by atoms with Crippen LogP contribution in [0.3, 0.4) is 0 Å². The van der Waals surface area contributed by atoms with E-state index in [9.17, 15) is 16.8 Å². The summed E-state index contributed by atoms with van der Waals surface area (Å²) in [4.78, 5) is -0.245. The van der Waals surface area contributed by atoms with Crippen molar-refractivity contribution in [2.45, 2.75) is 22.5 Å². The molecular formula is C15H15NO5S2. The van der Waals surface area contributed by atoms with Crippen molar-refractivity contribution >= 4 is 19.9 Å². The number of hydrogen-bond donors (Lipinski definition) is 1. The second kappa shape index (κ2) is 5.72. The summed E-state index contributed by atoms with van der Waals surface area (Å²) < 4.78 is 53.0. The molecule has 6 nitrogen and oxygen atoms in total. The fourth-order valence-electron chi connectivity index (χ4n) is 2.51. The fourth-order valence-corrected chi connectivity index (χ4v) is 4.85. The molecule has 1 unspecified atom stereocenters. The third-order valence-electron chi connectivity index (χ3n) is 3.66. The number of hydrogen-bond acceptors (Lipinski definition) is 5. The van der Waals surface area contributed by atoms with Crippen LogP contribution < -0.4 is 5.14 Å². The van der Waals surface area contributed by atoms with Gasteiger partial charge in [-0.25, -0.2) is 22.0 Å². The topological polar surface area (TPSA) is 104 Å². The average molecular weight is 353 g/mol. The molecule has 2 N–H and O–H groups in total. The van der Waals surface area contributed by atoms with E-state index < -0.39 is 26.0 Å². The Bertz CT molecular complexity index is 937. The van der Waals surface area contributed by atoms with Gasteiger partial charge in [0.25, 0.3) is 0 Å². The van der Waals surface area contributed by atoms with Crippen LogP contribution in [-0.4, -0.2) is 22.6 Å². The minimum absolute atomic E-state index is 0.0258. The molecule has 0 saturated heterocycles. The van der Waals surface area contributed by atoms with Gasteiger partial charge in [0.2, 0.25) is 10.0 Å². The minimum atomic E-state index is -3.95. The second-order valence-corrected chi connectivity index (χ2v) is 8.88. The van der Waals surface area contributed by atoms with Gasteiger partial charge in [0.1, 0.15) is 0 Å². The number of primary sulfonamides is 1. The molecule has 0 aliphatic carbocycles. The Kier molecular flexibility index (Phi) is 4.01.